The van der Waals surface area contributed by atoms with Gasteiger partial charge in [-0.1, -0.05) is 0 Å². The summed E-state index contributed by atoms with van der Waals surface area (Å²) in [5.74, 6) is 0. The number of hydrogen-bond donors (Lipinski definition) is 0. The van der Waals surface area contributed by atoms with Gasteiger partial charge < -0.3 is 0 Å². The van der Waals surface area contributed by atoms with Crippen molar-refractivity contribution >= 4 is 0 Å². The van der Waals surface area contributed by atoms with Crippen LogP contribution in [0.2, 0.25) is 10.0 Å². The van der Waals surface area contributed by atoms with Crippen LogP contribution in [-0.2, 0) is 15.3 Å². The van der Waals surface area contributed by atoms with Crippen molar-refractivity contribution in [3.05, 3.63) is 48.8 Å². The van der Waals surface area contributed by atoms with Gasteiger partial charge in [-0.15, -0.1) is 0 Å². The Morgan fingerprint density at radius 3 is 1.71 bits per heavy atom. The second kappa shape index (κ2) is 3.99. The number of rotatable bonds is 2. The number of pyridine rings is 2. The standard InChI is InChI=1S/C10H8N2.2C2H5.Zn/c1-3-7-11-9(5-1)10-6-2-4-8-12-10;2*1-2;/h1-8H;2*1H2,2H3;/q;;;+2. The van der Waals surface area contributed by atoms with Crippen LogP contribution in [0.25, 0.3) is 11.4 Å². The summed E-state index contributed by atoms with van der Waals surface area (Å²) in [6, 6.07) is 13.2. The fraction of sp³-hybridized carbons (Fsp3) is 0.286. The Balaban J connectivity index is 2.38. The summed E-state index contributed by atoms with van der Waals surface area (Å²) in [7, 11) is 0. The molecule has 0 spiro atoms. The second-order valence-corrected chi connectivity index (χ2v) is 18.4. The number of fused-ring (bicyclic) bond motifs is 3. The molecule has 3 rings (SSSR count). The summed E-state index contributed by atoms with van der Waals surface area (Å²) in [5, 5.41) is 2.65. The Morgan fingerprint density at radius 2 is 1.29 bits per heavy atom. The SMILES string of the molecule is C[CH2][Zn]1([CH2]C)[n+]2ccccc2-c2cccc[n+]21. The molecule has 0 unspecified atom stereocenters. The van der Waals surface area contributed by atoms with Crippen LogP contribution in [0.4, 0.5) is 0 Å². The average Bonchev–Trinajstić information content (AvgIpc) is 2.70. The minimum atomic E-state index is -2.55. The van der Waals surface area contributed by atoms with Gasteiger partial charge in [0.1, 0.15) is 0 Å². The van der Waals surface area contributed by atoms with Crippen LogP contribution in [-0.4, -0.2) is 0 Å². The van der Waals surface area contributed by atoms with Gasteiger partial charge in [-0.05, 0) is 0 Å². The Labute approximate surface area is 106 Å². The van der Waals surface area contributed by atoms with E-state index in [-0.39, 0.29) is 0 Å². The van der Waals surface area contributed by atoms with Crippen LogP contribution in [0.1, 0.15) is 13.8 Å². The molecule has 0 aliphatic carbocycles. The second-order valence-electron chi connectivity index (χ2n) is 5.50. The summed E-state index contributed by atoms with van der Waals surface area (Å²) in [6.07, 6.45) is 4.60. The molecule has 0 bridgehead atoms. The monoisotopic (exact) mass is 278 g/mol. The molecule has 0 saturated carbocycles. The van der Waals surface area contributed by atoms with Crippen LogP contribution in [0.5, 0.6) is 0 Å². The van der Waals surface area contributed by atoms with E-state index in [1.54, 1.807) is 0 Å². The average molecular weight is 280 g/mol. The third-order valence-corrected chi connectivity index (χ3v) is 19.4. The van der Waals surface area contributed by atoms with Gasteiger partial charge in [0.15, 0.2) is 0 Å². The molecular weight excluding hydrogens is 262 g/mol. The predicted molar refractivity (Wildman–Crippen MR) is 64.0 cm³/mol. The van der Waals surface area contributed by atoms with Gasteiger partial charge in [-0.25, -0.2) is 0 Å². The summed E-state index contributed by atoms with van der Waals surface area (Å²) in [4.78, 5) is 0. The Hall–Kier alpha value is -1.08. The van der Waals surface area contributed by atoms with Crippen molar-refractivity contribution in [2.75, 3.05) is 0 Å². The zero-order chi connectivity index (χ0) is 11.9. The van der Waals surface area contributed by atoms with Crippen LogP contribution >= 0.6 is 0 Å². The molecule has 2 aromatic rings. The van der Waals surface area contributed by atoms with Crippen molar-refractivity contribution in [2.45, 2.75) is 23.9 Å². The van der Waals surface area contributed by atoms with E-state index in [1.165, 1.54) is 21.4 Å². The summed E-state index contributed by atoms with van der Waals surface area (Å²) in [6.45, 7) is 4.73. The van der Waals surface area contributed by atoms with Gasteiger partial charge in [0.05, 0.1) is 0 Å². The molecule has 0 amide bonds. The summed E-state index contributed by atoms with van der Waals surface area (Å²) < 4.78 is 5.28. The van der Waals surface area contributed by atoms with Gasteiger partial charge in [0, 0.05) is 0 Å². The maximum atomic E-state index is 2.64. The zero-order valence-electron chi connectivity index (χ0n) is 10.6. The van der Waals surface area contributed by atoms with E-state index in [0.29, 0.717) is 0 Å². The minimum absolute atomic E-state index is 1.32. The molecule has 84 valence electrons. The van der Waals surface area contributed by atoms with Crippen molar-refractivity contribution in [3.8, 4) is 11.4 Å². The molecule has 3 heterocycles. The molecule has 0 radical (unpaired) electrons. The van der Waals surface area contributed by atoms with Crippen LogP contribution in [0.3, 0.4) is 0 Å². The first-order valence-electron chi connectivity index (χ1n) is 6.84. The first-order valence-corrected chi connectivity index (χ1v) is 13.7. The normalized spacial score (nSPS) is 13.5. The zero-order valence-corrected chi connectivity index (χ0v) is 13.6. The van der Waals surface area contributed by atoms with E-state index in [9.17, 15) is 0 Å². The fourth-order valence-electron chi connectivity index (χ4n) is 3.93. The number of hydrogen-bond acceptors (Lipinski definition) is 0. The van der Waals surface area contributed by atoms with Crippen molar-refractivity contribution in [1.29, 1.82) is 0 Å². The molecule has 17 heavy (non-hydrogen) atoms. The van der Waals surface area contributed by atoms with Crippen molar-refractivity contribution < 1.29 is 21.9 Å². The molecule has 1 aliphatic heterocycles. The Kier molecular flexibility index (Phi) is 2.59. The van der Waals surface area contributed by atoms with Gasteiger partial charge in [0.2, 0.25) is 0 Å². The van der Waals surface area contributed by atoms with E-state index >= 15 is 0 Å². The first-order chi connectivity index (χ1) is 8.33. The first kappa shape index (κ1) is 11.0. The van der Waals surface area contributed by atoms with Crippen molar-refractivity contribution in [3.63, 3.8) is 0 Å². The maximum absolute atomic E-state index is 2.64. The molecular formula is C14H18N2Zn+2. The summed E-state index contributed by atoms with van der Waals surface area (Å²) >= 11 is -2.55. The quantitative estimate of drug-likeness (QED) is 0.746. The van der Waals surface area contributed by atoms with Gasteiger partial charge in [0.25, 0.3) is 0 Å². The molecule has 3 heteroatoms. The van der Waals surface area contributed by atoms with Gasteiger partial charge in [-0.3, -0.25) is 0 Å². The van der Waals surface area contributed by atoms with E-state index in [2.05, 4.69) is 69.3 Å². The molecule has 1 aliphatic rings. The molecule has 0 aromatic carbocycles. The number of nitrogens with zero attached hydrogens (tertiary/aromatic N) is 2. The van der Waals surface area contributed by atoms with Crippen LogP contribution < -0.4 is 6.62 Å². The van der Waals surface area contributed by atoms with E-state index < -0.39 is 15.3 Å². The van der Waals surface area contributed by atoms with E-state index in [1.807, 2.05) is 0 Å². The number of aromatic nitrogens is 2. The third-order valence-electron chi connectivity index (χ3n) is 5.01. The van der Waals surface area contributed by atoms with E-state index in [0.717, 1.165) is 0 Å². The Morgan fingerprint density at radius 1 is 0.824 bits per heavy atom. The topological polar surface area (TPSA) is 7.76 Å². The van der Waals surface area contributed by atoms with Crippen LogP contribution in [0, 0.1) is 0 Å². The van der Waals surface area contributed by atoms with Gasteiger partial charge in [-0.2, -0.15) is 0 Å². The van der Waals surface area contributed by atoms with Gasteiger partial charge >= 0.3 is 106 Å². The molecule has 0 fully saturated rings. The van der Waals surface area contributed by atoms with Crippen LogP contribution in [0.15, 0.2) is 48.8 Å². The van der Waals surface area contributed by atoms with E-state index in [4.69, 9.17) is 0 Å². The third kappa shape index (κ3) is 1.35. The molecule has 2 nitrogen and oxygen atoms in total. The molecule has 2 aromatic heterocycles. The molecule has 0 atom stereocenters. The molecule has 0 N–H and O–H groups in total. The summed E-state index contributed by atoms with van der Waals surface area (Å²) in [5.41, 5.74) is 2.83. The predicted octanol–water partition coefficient (Wildman–Crippen LogP) is 2.50. The van der Waals surface area contributed by atoms with Crippen molar-refractivity contribution in [2.24, 2.45) is 0 Å². The Bertz CT molecular complexity index is 514. The fourth-order valence-corrected chi connectivity index (χ4v) is 16.1. The van der Waals surface area contributed by atoms with Crippen molar-refractivity contribution in [1.82, 2.24) is 0 Å². The molecule has 0 saturated heterocycles.